The van der Waals surface area contributed by atoms with Gasteiger partial charge in [0.25, 0.3) is 0 Å². The van der Waals surface area contributed by atoms with E-state index in [1.54, 1.807) is 12.3 Å². The summed E-state index contributed by atoms with van der Waals surface area (Å²) in [5, 5.41) is 9.18. The molecular weight excluding hydrogens is 142 g/mol. The van der Waals surface area contributed by atoms with Crippen LogP contribution in [0.3, 0.4) is 0 Å². The highest BCUT2D eigenvalue weighted by atomic mass is 16.3. The van der Waals surface area contributed by atoms with Gasteiger partial charge in [-0.3, -0.25) is 4.79 Å². The van der Waals surface area contributed by atoms with E-state index < -0.39 is 6.10 Å². The van der Waals surface area contributed by atoms with Crippen molar-refractivity contribution in [1.29, 1.82) is 0 Å². The fourth-order valence-electron chi connectivity index (χ4n) is 1.43. The maximum absolute atomic E-state index is 11.2. The van der Waals surface area contributed by atoms with Crippen LogP contribution < -0.4 is 0 Å². The predicted molar refractivity (Wildman–Crippen MR) is 39.5 cm³/mol. The van der Waals surface area contributed by atoms with Gasteiger partial charge < -0.3 is 10.1 Å². The molecule has 0 saturated heterocycles. The molecule has 2 rings (SSSR count). The molecule has 1 aromatic rings. The summed E-state index contributed by atoms with van der Waals surface area (Å²) >= 11 is 0. The molecule has 0 amide bonds. The average Bonchev–Trinajstić information content (AvgIpc) is 2.45. The highest BCUT2D eigenvalue weighted by Gasteiger charge is 2.25. The third-order valence-electron chi connectivity index (χ3n) is 2.07. The molecule has 1 aromatic heterocycles. The summed E-state index contributed by atoms with van der Waals surface area (Å²) in [6, 6.07) is 1.72. The number of aryl methyl sites for hydroxylation is 1. The van der Waals surface area contributed by atoms with Crippen LogP contribution in [0.15, 0.2) is 12.3 Å². The second-order valence-corrected chi connectivity index (χ2v) is 2.79. The van der Waals surface area contributed by atoms with Gasteiger partial charge in [-0.05, 0) is 18.9 Å². The summed E-state index contributed by atoms with van der Waals surface area (Å²) in [5.74, 6) is -0.146. The van der Waals surface area contributed by atoms with Gasteiger partial charge in [0, 0.05) is 17.5 Å². The number of fused-ring (bicyclic) bond motifs is 1. The topological polar surface area (TPSA) is 53.1 Å². The molecule has 58 valence electrons. The molecule has 2 N–H and O–H groups in total. The average molecular weight is 151 g/mol. The number of carbonyl (C=O) groups is 1. The van der Waals surface area contributed by atoms with E-state index in [-0.39, 0.29) is 5.78 Å². The Bertz CT molecular complexity index is 290. The van der Waals surface area contributed by atoms with Gasteiger partial charge >= 0.3 is 0 Å². The number of aromatic nitrogens is 1. The highest BCUT2D eigenvalue weighted by Crippen LogP contribution is 2.19. The van der Waals surface area contributed by atoms with E-state index in [1.807, 2.05) is 0 Å². The summed E-state index contributed by atoms with van der Waals surface area (Å²) in [4.78, 5) is 14.2. The first-order chi connectivity index (χ1) is 5.29. The molecule has 3 nitrogen and oxygen atoms in total. The number of nitrogens with one attached hydrogen (secondary N) is 1. The van der Waals surface area contributed by atoms with E-state index >= 15 is 0 Å². The third-order valence-corrected chi connectivity index (χ3v) is 2.07. The number of aliphatic hydroxyl groups is 1. The molecule has 0 unspecified atom stereocenters. The number of hydrogen-bond donors (Lipinski definition) is 2. The zero-order valence-corrected chi connectivity index (χ0v) is 6.00. The van der Waals surface area contributed by atoms with Crippen LogP contribution in [0.2, 0.25) is 0 Å². The zero-order chi connectivity index (χ0) is 7.84. The largest absolute Gasteiger partial charge is 0.385 e. The minimum atomic E-state index is -0.779. The number of aliphatic hydroxyl groups excluding tert-OH is 1. The lowest BCUT2D eigenvalue weighted by Crippen LogP contribution is -2.26. The van der Waals surface area contributed by atoms with Gasteiger partial charge in [-0.25, -0.2) is 0 Å². The Balaban J connectivity index is 2.46. The van der Waals surface area contributed by atoms with Crippen LogP contribution in [0, 0.1) is 0 Å². The van der Waals surface area contributed by atoms with Gasteiger partial charge in [0.1, 0.15) is 6.10 Å². The van der Waals surface area contributed by atoms with E-state index in [4.69, 9.17) is 0 Å². The summed E-state index contributed by atoms with van der Waals surface area (Å²) < 4.78 is 0. The number of Topliss-reactive ketones (excluding diaryl/α,β-unsaturated/α-hetero) is 1. The second kappa shape index (κ2) is 2.20. The molecule has 0 radical (unpaired) electrons. The lowest BCUT2D eigenvalue weighted by atomic mass is 9.94. The fraction of sp³-hybridized carbons (Fsp3) is 0.375. The van der Waals surface area contributed by atoms with Crippen LogP contribution >= 0.6 is 0 Å². The van der Waals surface area contributed by atoms with Crippen molar-refractivity contribution in [3.05, 3.63) is 23.5 Å². The minimum absolute atomic E-state index is 0.146. The molecule has 3 heteroatoms. The Morgan fingerprint density at radius 3 is 3.27 bits per heavy atom. The molecule has 1 aliphatic rings. The maximum Gasteiger partial charge on any atom is 0.193 e. The van der Waals surface area contributed by atoms with E-state index in [9.17, 15) is 9.90 Å². The number of H-pyrrole nitrogens is 1. The maximum atomic E-state index is 11.2. The van der Waals surface area contributed by atoms with Gasteiger partial charge in [-0.2, -0.15) is 0 Å². The Labute approximate surface area is 64.1 Å². The van der Waals surface area contributed by atoms with Crippen LogP contribution in [-0.2, 0) is 6.42 Å². The quantitative estimate of drug-likeness (QED) is 0.567. The normalized spacial score (nSPS) is 23.4. The molecule has 0 saturated carbocycles. The van der Waals surface area contributed by atoms with Gasteiger partial charge in [0.2, 0.25) is 0 Å². The van der Waals surface area contributed by atoms with E-state index in [1.165, 1.54) is 0 Å². The van der Waals surface area contributed by atoms with E-state index in [2.05, 4.69) is 4.98 Å². The molecule has 0 spiro atoms. The number of carbonyl (C=O) groups excluding carboxylic acids is 1. The Kier molecular flexibility index (Phi) is 1.32. The SMILES string of the molecule is O=C1c2cc[nH]c2CC[C@H]1O. The molecule has 0 aromatic carbocycles. The van der Waals surface area contributed by atoms with Crippen molar-refractivity contribution in [3.63, 3.8) is 0 Å². The molecule has 1 heterocycles. The Morgan fingerprint density at radius 2 is 2.45 bits per heavy atom. The molecule has 11 heavy (non-hydrogen) atoms. The summed E-state index contributed by atoms with van der Waals surface area (Å²) in [6.07, 6.45) is 2.28. The first kappa shape index (κ1) is 6.61. The molecule has 1 atom stereocenters. The van der Waals surface area contributed by atoms with Crippen molar-refractivity contribution < 1.29 is 9.90 Å². The number of hydrogen-bond acceptors (Lipinski definition) is 2. The van der Waals surface area contributed by atoms with Gasteiger partial charge in [0.15, 0.2) is 5.78 Å². The van der Waals surface area contributed by atoms with Crippen molar-refractivity contribution in [3.8, 4) is 0 Å². The third kappa shape index (κ3) is 0.886. The Hall–Kier alpha value is -1.09. The van der Waals surface area contributed by atoms with Gasteiger partial charge in [0.05, 0.1) is 0 Å². The summed E-state index contributed by atoms with van der Waals surface area (Å²) in [6.45, 7) is 0. The van der Waals surface area contributed by atoms with Crippen molar-refractivity contribution >= 4 is 5.78 Å². The molecule has 1 aliphatic carbocycles. The monoisotopic (exact) mass is 151 g/mol. The first-order valence-electron chi connectivity index (χ1n) is 3.67. The van der Waals surface area contributed by atoms with Crippen molar-refractivity contribution in [2.75, 3.05) is 0 Å². The van der Waals surface area contributed by atoms with Crippen molar-refractivity contribution in [2.45, 2.75) is 18.9 Å². The molecule has 0 fully saturated rings. The van der Waals surface area contributed by atoms with Crippen LogP contribution in [-0.4, -0.2) is 22.0 Å². The zero-order valence-electron chi connectivity index (χ0n) is 6.00. The lowest BCUT2D eigenvalue weighted by molar-refractivity contribution is 0.0712. The summed E-state index contributed by atoms with van der Waals surface area (Å²) in [5.41, 5.74) is 1.61. The van der Waals surface area contributed by atoms with Crippen LogP contribution in [0.5, 0.6) is 0 Å². The Morgan fingerprint density at radius 1 is 1.64 bits per heavy atom. The summed E-state index contributed by atoms with van der Waals surface area (Å²) in [7, 11) is 0. The first-order valence-corrected chi connectivity index (χ1v) is 3.67. The highest BCUT2D eigenvalue weighted by molar-refractivity contribution is 6.01. The molecule has 0 aliphatic heterocycles. The van der Waals surface area contributed by atoms with Crippen molar-refractivity contribution in [1.82, 2.24) is 4.98 Å². The predicted octanol–water partition coefficient (Wildman–Crippen LogP) is 0.504. The standard InChI is InChI=1S/C8H9NO2/c10-7-2-1-6-5(8(7)11)3-4-9-6/h3-4,7,9-10H,1-2H2/t7-/m1/s1. The van der Waals surface area contributed by atoms with E-state index in [0.29, 0.717) is 12.0 Å². The van der Waals surface area contributed by atoms with Crippen LogP contribution in [0.1, 0.15) is 22.5 Å². The van der Waals surface area contributed by atoms with Crippen LogP contribution in [0.4, 0.5) is 0 Å². The van der Waals surface area contributed by atoms with Crippen molar-refractivity contribution in [2.24, 2.45) is 0 Å². The molecular formula is C8H9NO2. The van der Waals surface area contributed by atoms with Gasteiger partial charge in [-0.1, -0.05) is 0 Å². The number of aromatic amines is 1. The number of rotatable bonds is 0. The van der Waals surface area contributed by atoms with Crippen LogP contribution in [0.25, 0.3) is 0 Å². The van der Waals surface area contributed by atoms with Gasteiger partial charge in [-0.15, -0.1) is 0 Å². The number of ketones is 1. The van der Waals surface area contributed by atoms with E-state index in [0.717, 1.165) is 12.1 Å². The second-order valence-electron chi connectivity index (χ2n) is 2.79. The molecule has 0 bridgehead atoms. The fourth-order valence-corrected chi connectivity index (χ4v) is 1.43. The smallest absolute Gasteiger partial charge is 0.193 e. The minimum Gasteiger partial charge on any atom is -0.385 e. The lowest BCUT2D eigenvalue weighted by Gasteiger charge is -2.15.